The van der Waals surface area contributed by atoms with E-state index in [1.807, 2.05) is 25.1 Å². The van der Waals surface area contributed by atoms with Gasteiger partial charge < -0.3 is 15.1 Å². The van der Waals surface area contributed by atoms with Crippen LogP contribution < -0.4 is 5.32 Å². The standard InChI is InChI=1S/C19H27N3O3/c1-13(2)16-7-5-6-14(3)19(16)20-17(24)12-18(25)22-10-8-21(9-11-22)15(4)23/h5-7,13H,8-12H2,1-4H3,(H,20,24). The summed E-state index contributed by atoms with van der Waals surface area (Å²) in [6.07, 6.45) is -0.175. The molecule has 0 aliphatic carbocycles. The van der Waals surface area contributed by atoms with Gasteiger partial charge in [0.05, 0.1) is 0 Å². The maximum Gasteiger partial charge on any atom is 0.233 e. The fraction of sp³-hybridized carbons (Fsp3) is 0.526. The molecule has 1 heterocycles. The number of piperazine rings is 1. The van der Waals surface area contributed by atoms with Crippen LogP contribution in [0.1, 0.15) is 44.2 Å². The van der Waals surface area contributed by atoms with Gasteiger partial charge in [-0.1, -0.05) is 32.0 Å². The highest BCUT2D eigenvalue weighted by molar-refractivity contribution is 6.04. The fourth-order valence-corrected chi connectivity index (χ4v) is 3.05. The molecule has 6 nitrogen and oxygen atoms in total. The summed E-state index contributed by atoms with van der Waals surface area (Å²) in [6, 6.07) is 5.92. The van der Waals surface area contributed by atoms with Gasteiger partial charge in [-0.2, -0.15) is 0 Å². The van der Waals surface area contributed by atoms with Crippen molar-refractivity contribution in [1.29, 1.82) is 0 Å². The lowest BCUT2D eigenvalue weighted by atomic mass is 9.98. The summed E-state index contributed by atoms with van der Waals surface area (Å²) >= 11 is 0. The Bertz CT molecular complexity index is 662. The molecule has 6 heteroatoms. The van der Waals surface area contributed by atoms with Crippen LogP contribution >= 0.6 is 0 Å². The minimum Gasteiger partial charge on any atom is -0.339 e. The van der Waals surface area contributed by atoms with Gasteiger partial charge in [0.25, 0.3) is 0 Å². The molecule has 0 unspecified atom stereocenters. The first kappa shape index (κ1) is 19.0. The van der Waals surface area contributed by atoms with E-state index in [-0.39, 0.29) is 30.1 Å². The first-order valence-electron chi connectivity index (χ1n) is 8.72. The highest BCUT2D eigenvalue weighted by Crippen LogP contribution is 2.27. The van der Waals surface area contributed by atoms with Crippen LogP contribution in [0.2, 0.25) is 0 Å². The zero-order valence-electron chi connectivity index (χ0n) is 15.5. The lowest BCUT2D eigenvalue weighted by Crippen LogP contribution is -2.50. The summed E-state index contributed by atoms with van der Waals surface area (Å²) in [7, 11) is 0. The molecule has 1 aromatic rings. The third kappa shape index (κ3) is 4.81. The Morgan fingerprint density at radius 1 is 1.08 bits per heavy atom. The second-order valence-corrected chi connectivity index (χ2v) is 6.81. The van der Waals surface area contributed by atoms with Crippen molar-refractivity contribution in [1.82, 2.24) is 9.80 Å². The molecule has 0 radical (unpaired) electrons. The predicted octanol–water partition coefficient (Wildman–Crippen LogP) is 2.14. The Balaban J connectivity index is 1.95. The van der Waals surface area contributed by atoms with E-state index in [0.717, 1.165) is 16.8 Å². The molecule has 1 aliphatic rings. The van der Waals surface area contributed by atoms with Crippen LogP contribution in [0.5, 0.6) is 0 Å². The number of para-hydroxylation sites is 1. The number of aryl methyl sites for hydroxylation is 1. The second kappa shape index (κ2) is 8.14. The Kier molecular flexibility index (Phi) is 6.17. The van der Waals surface area contributed by atoms with Crippen molar-refractivity contribution >= 4 is 23.4 Å². The molecule has 3 amide bonds. The van der Waals surface area contributed by atoms with Crippen molar-refractivity contribution in [3.63, 3.8) is 0 Å². The number of hydrogen-bond donors (Lipinski definition) is 1. The number of nitrogens with one attached hydrogen (secondary N) is 1. The van der Waals surface area contributed by atoms with Crippen LogP contribution in [0.3, 0.4) is 0 Å². The van der Waals surface area contributed by atoms with E-state index in [1.165, 1.54) is 6.92 Å². The zero-order chi connectivity index (χ0) is 18.6. The van der Waals surface area contributed by atoms with Crippen LogP contribution in [0.15, 0.2) is 18.2 Å². The van der Waals surface area contributed by atoms with Gasteiger partial charge in [-0.15, -0.1) is 0 Å². The van der Waals surface area contributed by atoms with E-state index in [2.05, 4.69) is 19.2 Å². The van der Waals surface area contributed by atoms with Crippen LogP contribution in [-0.2, 0) is 14.4 Å². The van der Waals surface area contributed by atoms with Crippen molar-refractivity contribution in [3.05, 3.63) is 29.3 Å². The van der Waals surface area contributed by atoms with Crippen molar-refractivity contribution in [2.75, 3.05) is 31.5 Å². The molecule has 25 heavy (non-hydrogen) atoms. The van der Waals surface area contributed by atoms with Crippen molar-refractivity contribution in [2.24, 2.45) is 0 Å². The SMILES string of the molecule is CC(=O)N1CCN(C(=O)CC(=O)Nc2c(C)cccc2C(C)C)CC1. The number of carbonyl (C=O) groups excluding carboxylic acids is 3. The third-order valence-corrected chi connectivity index (χ3v) is 4.58. The first-order valence-corrected chi connectivity index (χ1v) is 8.72. The lowest BCUT2D eigenvalue weighted by molar-refractivity contribution is -0.140. The number of amides is 3. The molecule has 1 aromatic carbocycles. The number of hydrogen-bond acceptors (Lipinski definition) is 3. The first-order chi connectivity index (χ1) is 11.8. The zero-order valence-corrected chi connectivity index (χ0v) is 15.5. The predicted molar refractivity (Wildman–Crippen MR) is 97.3 cm³/mol. The molecule has 0 saturated carbocycles. The monoisotopic (exact) mass is 345 g/mol. The van der Waals surface area contributed by atoms with Crippen LogP contribution in [0, 0.1) is 6.92 Å². The minimum absolute atomic E-state index is 0.0191. The van der Waals surface area contributed by atoms with Gasteiger partial charge in [0, 0.05) is 38.8 Å². The van der Waals surface area contributed by atoms with Gasteiger partial charge in [0.1, 0.15) is 6.42 Å². The van der Waals surface area contributed by atoms with Gasteiger partial charge in [0.15, 0.2) is 0 Å². The molecular formula is C19H27N3O3. The number of carbonyl (C=O) groups is 3. The minimum atomic E-state index is -0.296. The highest BCUT2D eigenvalue weighted by Gasteiger charge is 2.24. The molecule has 136 valence electrons. The summed E-state index contributed by atoms with van der Waals surface area (Å²) in [5, 5.41) is 2.91. The quantitative estimate of drug-likeness (QED) is 0.850. The number of benzene rings is 1. The summed E-state index contributed by atoms with van der Waals surface area (Å²) in [6.45, 7) is 9.63. The average Bonchev–Trinajstić information content (AvgIpc) is 2.56. The van der Waals surface area contributed by atoms with Crippen LogP contribution in [0.25, 0.3) is 0 Å². The number of nitrogens with zero attached hydrogens (tertiary/aromatic N) is 2. The smallest absolute Gasteiger partial charge is 0.233 e. The van der Waals surface area contributed by atoms with Gasteiger partial charge in [-0.25, -0.2) is 0 Å². The molecule has 0 aromatic heterocycles. The largest absolute Gasteiger partial charge is 0.339 e. The van der Waals surface area contributed by atoms with E-state index >= 15 is 0 Å². The average molecular weight is 345 g/mol. The van der Waals surface area contributed by atoms with Gasteiger partial charge in [-0.05, 0) is 24.0 Å². The summed E-state index contributed by atoms with van der Waals surface area (Å²) in [4.78, 5) is 39.4. The third-order valence-electron chi connectivity index (χ3n) is 4.58. The van der Waals surface area contributed by atoms with Crippen molar-refractivity contribution in [2.45, 2.75) is 40.0 Å². The molecule has 0 spiro atoms. The van der Waals surface area contributed by atoms with Crippen molar-refractivity contribution in [3.8, 4) is 0 Å². The van der Waals surface area contributed by atoms with Gasteiger partial charge in [0.2, 0.25) is 17.7 Å². The van der Waals surface area contributed by atoms with Gasteiger partial charge >= 0.3 is 0 Å². The van der Waals surface area contributed by atoms with Gasteiger partial charge in [-0.3, -0.25) is 14.4 Å². The van der Waals surface area contributed by atoms with E-state index in [9.17, 15) is 14.4 Å². The molecule has 1 saturated heterocycles. The normalized spacial score (nSPS) is 14.6. The second-order valence-electron chi connectivity index (χ2n) is 6.81. The molecular weight excluding hydrogens is 318 g/mol. The van der Waals surface area contributed by atoms with Crippen LogP contribution in [-0.4, -0.2) is 53.7 Å². The summed E-state index contributed by atoms with van der Waals surface area (Å²) < 4.78 is 0. The molecule has 1 fully saturated rings. The van der Waals surface area contributed by atoms with E-state index in [1.54, 1.807) is 9.80 Å². The number of anilines is 1. The molecule has 0 atom stereocenters. The van der Waals surface area contributed by atoms with E-state index < -0.39 is 0 Å². The molecule has 2 rings (SSSR count). The molecule has 0 bridgehead atoms. The fourth-order valence-electron chi connectivity index (χ4n) is 3.05. The maximum atomic E-state index is 12.3. The summed E-state index contributed by atoms with van der Waals surface area (Å²) in [5.41, 5.74) is 2.86. The maximum absolute atomic E-state index is 12.3. The van der Waals surface area contributed by atoms with E-state index in [0.29, 0.717) is 26.2 Å². The Morgan fingerprint density at radius 3 is 2.24 bits per heavy atom. The Morgan fingerprint density at radius 2 is 1.68 bits per heavy atom. The Hall–Kier alpha value is -2.37. The van der Waals surface area contributed by atoms with Crippen molar-refractivity contribution < 1.29 is 14.4 Å². The summed E-state index contributed by atoms with van der Waals surface area (Å²) in [5.74, 6) is -0.188. The molecule has 1 N–H and O–H groups in total. The number of rotatable bonds is 4. The molecule has 1 aliphatic heterocycles. The van der Waals surface area contributed by atoms with Crippen LogP contribution in [0.4, 0.5) is 5.69 Å². The topological polar surface area (TPSA) is 69.7 Å². The Labute approximate surface area is 149 Å². The van der Waals surface area contributed by atoms with E-state index in [4.69, 9.17) is 0 Å². The lowest BCUT2D eigenvalue weighted by Gasteiger charge is -2.34. The highest BCUT2D eigenvalue weighted by atomic mass is 16.2.